The maximum atomic E-state index is 2.49. The normalized spacial score (nSPS) is 11.2. The molecule has 0 N–H and O–H groups in total. The maximum Gasteiger partial charge on any atom is 4.00 e. The van der Waals surface area contributed by atoms with Crippen molar-refractivity contribution in [2.45, 2.75) is 46.0 Å². The van der Waals surface area contributed by atoms with Crippen LogP contribution in [0.15, 0.2) is 158 Å². The van der Waals surface area contributed by atoms with E-state index < -0.39 is 5.41 Å². The van der Waals surface area contributed by atoms with Crippen molar-refractivity contribution in [2.75, 3.05) is 0 Å². The summed E-state index contributed by atoms with van der Waals surface area (Å²) in [6.45, 7) is 8.87. The first kappa shape index (κ1) is 38.6. The smallest absolute Gasteiger partial charge is 0.358 e. The molecular formula is C51H48Hf. The third-order valence-electron chi connectivity index (χ3n) is 10.7. The Hall–Kier alpha value is -4.59. The van der Waals surface area contributed by atoms with Gasteiger partial charge in [0.15, 0.2) is 0 Å². The van der Waals surface area contributed by atoms with Gasteiger partial charge in [0.05, 0.1) is 0 Å². The number of benzene rings is 6. The zero-order chi connectivity index (χ0) is 33.5. The zero-order valence-electron chi connectivity index (χ0n) is 31.4. The second-order valence-corrected chi connectivity index (χ2v) is 13.6. The summed E-state index contributed by atoms with van der Waals surface area (Å²) in [5, 5.41) is 5.15. The van der Waals surface area contributed by atoms with E-state index in [1.807, 2.05) is 0 Å². The van der Waals surface area contributed by atoms with Gasteiger partial charge in [0.25, 0.3) is 0 Å². The van der Waals surface area contributed by atoms with Gasteiger partial charge < -0.3 is 14.9 Å². The molecule has 0 bridgehead atoms. The monoisotopic (exact) mass is 840 g/mol. The van der Waals surface area contributed by atoms with Crippen LogP contribution in [0.1, 0.15) is 58.4 Å². The van der Waals surface area contributed by atoms with Crippen molar-refractivity contribution in [3.63, 3.8) is 0 Å². The van der Waals surface area contributed by atoms with E-state index in [9.17, 15) is 0 Å². The molecule has 0 atom stereocenters. The van der Waals surface area contributed by atoms with E-state index in [-0.39, 0.29) is 40.7 Å². The Bertz CT molecular complexity index is 2240. The summed E-state index contributed by atoms with van der Waals surface area (Å²) in [4.78, 5) is 0. The van der Waals surface area contributed by atoms with E-state index in [0.717, 1.165) is 12.8 Å². The van der Waals surface area contributed by atoms with Gasteiger partial charge in [0, 0.05) is 5.41 Å². The summed E-state index contributed by atoms with van der Waals surface area (Å²) >= 11 is 0. The zero-order valence-corrected chi connectivity index (χ0v) is 35.0. The number of aryl methyl sites for hydroxylation is 4. The van der Waals surface area contributed by atoms with Crippen LogP contribution in [0.3, 0.4) is 0 Å². The van der Waals surface area contributed by atoms with E-state index in [1.54, 1.807) is 0 Å². The summed E-state index contributed by atoms with van der Waals surface area (Å²) in [7, 11) is 0. The Morgan fingerprint density at radius 2 is 0.808 bits per heavy atom. The number of hydrogen-bond donors (Lipinski definition) is 0. The Morgan fingerprint density at radius 1 is 0.442 bits per heavy atom. The van der Waals surface area contributed by atoms with Gasteiger partial charge in [0.2, 0.25) is 0 Å². The van der Waals surface area contributed by atoms with Crippen molar-refractivity contribution in [2.24, 2.45) is 0 Å². The molecule has 52 heavy (non-hydrogen) atoms. The molecule has 0 spiro atoms. The molecule has 0 saturated heterocycles. The molecule has 0 aromatic heterocycles. The standard InChI is InChI=1S/C49H42.2CH3.Hf/c1-5-35-13-7-9-17-43(35)45-19-11-15-37-29-41(31-47(37)45)49(39-25-21-33(3)22-26-39,40-27-23-34(4)24-28-40)42-30-38-16-12-20-46(48(38)32-42)44-18-10-8-14-36(44)6-2;;;/h7-32H,5-6H2,1-4H3;2*1H3;/q-2;2*-1;+4. The van der Waals surface area contributed by atoms with E-state index in [0.29, 0.717) is 0 Å². The molecule has 0 heterocycles. The fourth-order valence-electron chi connectivity index (χ4n) is 8.16. The Kier molecular flexibility index (Phi) is 11.9. The van der Waals surface area contributed by atoms with Gasteiger partial charge >= 0.3 is 25.8 Å². The predicted octanol–water partition coefficient (Wildman–Crippen LogP) is 13.8. The molecule has 8 aromatic carbocycles. The van der Waals surface area contributed by atoms with Crippen LogP contribution in [0.25, 0.3) is 43.8 Å². The van der Waals surface area contributed by atoms with Gasteiger partial charge in [-0.25, -0.2) is 0 Å². The van der Waals surface area contributed by atoms with Crippen LogP contribution in [0.2, 0.25) is 0 Å². The fraction of sp³-hybridized carbons (Fsp3) is 0.137. The molecule has 0 amide bonds. The van der Waals surface area contributed by atoms with Crippen LogP contribution < -0.4 is 0 Å². The maximum absolute atomic E-state index is 2.49. The second-order valence-electron chi connectivity index (χ2n) is 13.6. The van der Waals surface area contributed by atoms with Gasteiger partial charge in [0.1, 0.15) is 0 Å². The van der Waals surface area contributed by atoms with Crippen LogP contribution in [0.4, 0.5) is 0 Å². The SMILES string of the molecule is CCc1ccccc1-c1cccc2[cH-]c(C(c3ccc(C)cc3)(c3ccc(C)cc3)c3cc4c(-c5ccccc5CC)cccc4[cH-]3)cc12.[CH3-].[CH3-].[Hf+4]. The summed E-state index contributed by atoms with van der Waals surface area (Å²) in [6.07, 6.45) is 2.00. The van der Waals surface area contributed by atoms with E-state index in [1.165, 1.54) is 88.3 Å². The Balaban J connectivity index is 0.00000174. The third kappa shape index (κ3) is 6.50. The van der Waals surface area contributed by atoms with Crippen LogP contribution in [-0.4, -0.2) is 0 Å². The summed E-state index contributed by atoms with van der Waals surface area (Å²) in [5.41, 5.74) is 15.1. The van der Waals surface area contributed by atoms with Gasteiger partial charge in [-0.2, -0.15) is 12.1 Å². The number of fused-ring (bicyclic) bond motifs is 2. The minimum absolute atomic E-state index is 0. The topological polar surface area (TPSA) is 0 Å². The van der Waals surface area contributed by atoms with Crippen molar-refractivity contribution < 1.29 is 25.8 Å². The summed E-state index contributed by atoms with van der Waals surface area (Å²) in [5.74, 6) is 0. The van der Waals surface area contributed by atoms with E-state index >= 15 is 0 Å². The number of hydrogen-bond acceptors (Lipinski definition) is 0. The first-order chi connectivity index (χ1) is 24.0. The molecule has 256 valence electrons. The average Bonchev–Trinajstić information content (AvgIpc) is 3.79. The first-order valence-corrected chi connectivity index (χ1v) is 17.7. The van der Waals surface area contributed by atoms with Gasteiger partial charge in [-0.3, -0.25) is 0 Å². The molecule has 0 aliphatic rings. The fourth-order valence-corrected chi connectivity index (χ4v) is 8.16. The Morgan fingerprint density at radius 3 is 1.19 bits per heavy atom. The van der Waals surface area contributed by atoms with E-state index in [2.05, 4.69) is 185 Å². The average molecular weight is 839 g/mol. The molecule has 0 radical (unpaired) electrons. The van der Waals surface area contributed by atoms with Crippen molar-refractivity contribution in [3.8, 4) is 22.3 Å². The first-order valence-electron chi connectivity index (χ1n) is 17.7. The molecular weight excluding hydrogens is 791 g/mol. The Labute approximate surface area is 330 Å². The summed E-state index contributed by atoms with van der Waals surface area (Å²) < 4.78 is 0. The molecule has 8 aromatic rings. The third-order valence-corrected chi connectivity index (χ3v) is 10.7. The van der Waals surface area contributed by atoms with Gasteiger partial charge in [-0.1, -0.05) is 145 Å². The molecule has 0 saturated carbocycles. The molecule has 8 rings (SSSR count). The van der Waals surface area contributed by atoms with Crippen LogP contribution in [-0.2, 0) is 44.1 Å². The quantitative estimate of drug-likeness (QED) is 0.106. The van der Waals surface area contributed by atoms with Crippen LogP contribution in [0, 0.1) is 28.7 Å². The minimum atomic E-state index is -0.539. The molecule has 0 aliphatic heterocycles. The van der Waals surface area contributed by atoms with E-state index in [4.69, 9.17) is 0 Å². The van der Waals surface area contributed by atoms with Crippen LogP contribution in [0.5, 0.6) is 0 Å². The predicted molar refractivity (Wildman–Crippen MR) is 223 cm³/mol. The van der Waals surface area contributed by atoms with Crippen LogP contribution >= 0.6 is 0 Å². The molecule has 0 fully saturated rings. The van der Waals surface area contributed by atoms with Gasteiger partial charge in [-0.05, 0) is 60.1 Å². The summed E-state index contributed by atoms with van der Waals surface area (Å²) in [6, 6.07) is 59.8. The van der Waals surface area contributed by atoms with Crippen molar-refractivity contribution in [1.29, 1.82) is 0 Å². The van der Waals surface area contributed by atoms with Crippen molar-refractivity contribution >= 4 is 21.5 Å². The number of rotatable bonds is 8. The minimum Gasteiger partial charge on any atom is -0.358 e. The molecule has 1 heteroatoms. The largest absolute Gasteiger partial charge is 4.00 e. The molecule has 0 unspecified atom stereocenters. The second kappa shape index (κ2) is 16.0. The van der Waals surface area contributed by atoms with Crippen molar-refractivity contribution in [3.05, 3.63) is 217 Å². The molecule has 0 nitrogen and oxygen atoms in total. The van der Waals surface area contributed by atoms with Crippen molar-refractivity contribution in [1.82, 2.24) is 0 Å². The molecule has 0 aliphatic carbocycles. The van der Waals surface area contributed by atoms with Gasteiger partial charge in [-0.15, -0.1) is 69.1 Å².